The molecule has 30 heavy (non-hydrogen) atoms. The van der Waals surface area contributed by atoms with Crippen LogP contribution in [0.1, 0.15) is 44.3 Å². The highest BCUT2D eigenvalue weighted by Gasteiger charge is 2.28. The van der Waals surface area contributed by atoms with Gasteiger partial charge in [0, 0.05) is 36.5 Å². The molecule has 4 rings (SSSR count). The van der Waals surface area contributed by atoms with Crippen molar-refractivity contribution in [2.75, 3.05) is 32.8 Å². The second kappa shape index (κ2) is 9.13. The summed E-state index contributed by atoms with van der Waals surface area (Å²) in [7, 11) is -3.65. The number of fused-ring (bicyclic) bond motifs is 1. The van der Waals surface area contributed by atoms with E-state index in [-0.39, 0.29) is 10.8 Å². The van der Waals surface area contributed by atoms with Crippen LogP contribution in [0.4, 0.5) is 0 Å². The van der Waals surface area contributed by atoms with Crippen molar-refractivity contribution in [2.45, 2.75) is 43.9 Å². The number of thiazole rings is 1. The molecule has 1 saturated heterocycles. The number of nitrogens with one attached hydrogen (secondary N) is 1. The number of hydrogen-bond donors (Lipinski definition) is 1. The summed E-state index contributed by atoms with van der Waals surface area (Å²) in [6.07, 6.45) is 5.30. The summed E-state index contributed by atoms with van der Waals surface area (Å²) in [6.45, 7) is 3.66. The molecule has 0 radical (unpaired) electrons. The summed E-state index contributed by atoms with van der Waals surface area (Å²) in [5, 5.41) is 3.96. The number of ether oxygens (including phenoxy) is 1. The van der Waals surface area contributed by atoms with Gasteiger partial charge in [-0.1, -0.05) is 6.07 Å². The summed E-state index contributed by atoms with van der Waals surface area (Å²) in [4.78, 5) is 18.9. The molecule has 0 atom stereocenters. The van der Waals surface area contributed by atoms with Crippen molar-refractivity contribution in [1.29, 1.82) is 0 Å². The van der Waals surface area contributed by atoms with Crippen LogP contribution in [0.25, 0.3) is 0 Å². The molecule has 9 heteroatoms. The van der Waals surface area contributed by atoms with Gasteiger partial charge in [-0.25, -0.2) is 13.4 Å². The zero-order valence-corrected chi connectivity index (χ0v) is 18.8. The van der Waals surface area contributed by atoms with E-state index in [2.05, 4.69) is 5.32 Å². The monoisotopic (exact) mass is 449 g/mol. The molecule has 1 aliphatic heterocycles. The van der Waals surface area contributed by atoms with Gasteiger partial charge < -0.3 is 10.1 Å². The number of amides is 1. The first-order valence-corrected chi connectivity index (χ1v) is 12.6. The maximum atomic E-state index is 13.0. The van der Waals surface area contributed by atoms with E-state index in [0.717, 1.165) is 17.8 Å². The fourth-order valence-electron chi connectivity index (χ4n) is 3.84. The van der Waals surface area contributed by atoms with E-state index in [4.69, 9.17) is 9.72 Å². The first-order chi connectivity index (χ1) is 14.4. The molecular weight excluding hydrogens is 422 g/mol. The quantitative estimate of drug-likeness (QED) is 0.731. The van der Waals surface area contributed by atoms with Crippen LogP contribution < -0.4 is 5.32 Å². The van der Waals surface area contributed by atoms with Gasteiger partial charge in [-0.05, 0) is 50.3 Å². The van der Waals surface area contributed by atoms with Crippen LogP contribution >= 0.6 is 11.3 Å². The van der Waals surface area contributed by atoms with Gasteiger partial charge in [0.15, 0.2) is 0 Å². The maximum Gasteiger partial charge on any atom is 0.251 e. The number of morpholine rings is 1. The Labute approximate surface area is 181 Å². The standard InChI is InChI=1S/C21H27N3O4S2/c1-15-6-7-16(14-19(15)30(26,27)24-10-12-28-13-11-24)21(25)22-9-8-20-23-17-4-2-3-5-18(17)29-20/h6-7,14H,2-5,8-13H2,1H3,(H,22,25). The molecule has 1 aromatic carbocycles. The predicted octanol–water partition coefficient (Wildman–Crippen LogP) is 2.32. The minimum absolute atomic E-state index is 0.185. The van der Waals surface area contributed by atoms with Gasteiger partial charge in [0.1, 0.15) is 0 Å². The van der Waals surface area contributed by atoms with E-state index in [1.165, 1.54) is 33.8 Å². The van der Waals surface area contributed by atoms with Crippen molar-refractivity contribution in [3.05, 3.63) is 44.9 Å². The summed E-state index contributed by atoms with van der Waals surface area (Å²) < 4.78 is 32.7. The Hall–Kier alpha value is -1.81. The summed E-state index contributed by atoms with van der Waals surface area (Å²) >= 11 is 1.75. The third kappa shape index (κ3) is 4.59. The number of benzene rings is 1. The minimum atomic E-state index is -3.65. The molecular formula is C21H27N3O4S2. The third-order valence-corrected chi connectivity index (χ3v) is 8.81. The number of aryl methyl sites for hydroxylation is 3. The molecule has 0 unspecified atom stereocenters. The lowest BCUT2D eigenvalue weighted by molar-refractivity contribution is 0.0730. The van der Waals surface area contributed by atoms with Crippen LogP contribution in [0.5, 0.6) is 0 Å². The lowest BCUT2D eigenvalue weighted by atomic mass is 10.0. The minimum Gasteiger partial charge on any atom is -0.379 e. The molecule has 1 fully saturated rings. The largest absolute Gasteiger partial charge is 0.379 e. The topological polar surface area (TPSA) is 88.6 Å². The molecule has 2 aliphatic rings. The number of carbonyl (C=O) groups excluding carboxylic acids is 1. The molecule has 7 nitrogen and oxygen atoms in total. The van der Waals surface area contributed by atoms with Gasteiger partial charge in [-0.15, -0.1) is 11.3 Å². The molecule has 0 saturated carbocycles. The zero-order valence-electron chi connectivity index (χ0n) is 17.1. The SMILES string of the molecule is Cc1ccc(C(=O)NCCc2nc3c(s2)CCCC3)cc1S(=O)(=O)N1CCOCC1. The van der Waals surface area contributed by atoms with E-state index >= 15 is 0 Å². The van der Waals surface area contributed by atoms with Crippen LogP contribution in [0.2, 0.25) is 0 Å². The van der Waals surface area contributed by atoms with Gasteiger partial charge in [-0.3, -0.25) is 4.79 Å². The molecule has 1 aromatic heterocycles. The average Bonchev–Trinajstić information content (AvgIpc) is 3.17. The molecule has 2 heterocycles. The van der Waals surface area contributed by atoms with Crippen molar-refractivity contribution >= 4 is 27.3 Å². The van der Waals surface area contributed by atoms with Crippen LogP contribution in [0.3, 0.4) is 0 Å². The highest BCUT2D eigenvalue weighted by atomic mass is 32.2. The lowest BCUT2D eigenvalue weighted by Gasteiger charge is -2.26. The van der Waals surface area contributed by atoms with Crippen LogP contribution in [0.15, 0.2) is 23.1 Å². The van der Waals surface area contributed by atoms with E-state index in [0.29, 0.717) is 50.4 Å². The number of carbonyl (C=O) groups is 1. The summed E-state index contributed by atoms with van der Waals surface area (Å²) in [5.41, 5.74) is 2.21. The van der Waals surface area contributed by atoms with Crippen LogP contribution in [-0.2, 0) is 34.0 Å². The molecule has 1 amide bonds. The molecule has 0 spiro atoms. The van der Waals surface area contributed by atoms with Gasteiger partial charge in [0.2, 0.25) is 10.0 Å². The molecule has 1 aliphatic carbocycles. The second-order valence-electron chi connectivity index (χ2n) is 7.69. The predicted molar refractivity (Wildman–Crippen MR) is 116 cm³/mol. The lowest BCUT2D eigenvalue weighted by Crippen LogP contribution is -2.41. The number of sulfonamides is 1. The average molecular weight is 450 g/mol. The zero-order chi connectivity index (χ0) is 21.1. The van der Waals surface area contributed by atoms with Crippen molar-refractivity contribution in [3.8, 4) is 0 Å². The van der Waals surface area contributed by atoms with Crippen molar-refractivity contribution in [2.24, 2.45) is 0 Å². The fourth-order valence-corrected chi connectivity index (χ4v) is 6.66. The Balaban J connectivity index is 1.41. The summed E-state index contributed by atoms with van der Waals surface area (Å²) in [5.74, 6) is -0.269. The Morgan fingerprint density at radius 3 is 2.77 bits per heavy atom. The number of hydrogen-bond acceptors (Lipinski definition) is 6. The fraction of sp³-hybridized carbons (Fsp3) is 0.524. The smallest absolute Gasteiger partial charge is 0.251 e. The van der Waals surface area contributed by atoms with E-state index in [1.54, 1.807) is 30.4 Å². The highest BCUT2D eigenvalue weighted by molar-refractivity contribution is 7.89. The van der Waals surface area contributed by atoms with Crippen molar-refractivity contribution in [1.82, 2.24) is 14.6 Å². The number of aromatic nitrogens is 1. The van der Waals surface area contributed by atoms with Gasteiger partial charge in [0.05, 0.1) is 28.8 Å². The molecule has 162 valence electrons. The summed E-state index contributed by atoms with van der Waals surface area (Å²) in [6, 6.07) is 4.85. The first-order valence-electron chi connectivity index (χ1n) is 10.4. The van der Waals surface area contributed by atoms with Crippen LogP contribution in [0, 0.1) is 6.92 Å². The Morgan fingerprint density at radius 2 is 2.00 bits per heavy atom. The Kier molecular flexibility index (Phi) is 6.52. The second-order valence-corrected chi connectivity index (χ2v) is 10.8. The molecule has 2 aromatic rings. The first kappa shape index (κ1) is 21.4. The van der Waals surface area contributed by atoms with Crippen molar-refractivity contribution < 1.29 is 17.9 Å². The van der Waals surface area contributed by atoms with E-state index in [1.807, 2.05) is 0 Å². The van der Waals surface area contributed by atoms with E-state index in [9.17, 15) is 13.2 Å². The number of rotatable bonds is 6. The van der Waals surface area contributed by atoms with Crippen LogP contribution in [-0.4, -0.2) is 56.5 Å². The molecule has 0 bridgehead atoms. The Morgan fingerprint density at radius 1 is 1.23 bits per heavy atom. The van der Waals surface area contributed by atoms with E-state index < -0.39 is 10.0 Å². The maximum absolute atomic E-state index is 13.0. The third-order valence-electron chi connectivity index (χ3n) is 5.55. The highest BCUT2D eigenvalue weighted by Crippen LogP contribution is 2.27. The van der Waals surface area contributed by atoms with Gasteiger partial charge in [-0.2, -0.15) is 4.31 Å². The van der Waals surface area contributed by atoms with Crippen molar-refractivity contribution in [3.63, 3.8) is 0 Å². The number of nitrogens with zero attached hydrogens (tertiary/aromatic N) is 2. The van der Waals surface area contributed by atoms with Gasteiger partial charge >= 0.3 is 0 Å². The molecule has 1 N–H and O–H groups in total. The Bertz CT molecular complexity index is 1000. The normalized spacial score (nSPS) is 17.5. The van der Waals surface area contributed by atoms with Gasteiger partial charge in [0.25, 0.3) is 5.91 Å².